The number of nitrogens with two attached hydrogens (primary N) is 1. The molecule has 4 heteroatoms. The van der Waals surface area contributed by atoms with Crippen molar-refractivity contribution in [2.24, 2.45) is 5.73 Å². The van der Waals surface area contributed by atoms with Crippen molar-refractivity contribution in [1.29, 1.82) is 0 Å². The van der Waals surface area contributed by atoms with Gasteiger partial charge in [-0.2, -0.15) is 0 Å². The van der Waals surface area contributed by atoms with Gasteiger partial charge < -0.3 is 14.9 Å². The fourth-order valence-corrected chi connectivity index (χ4v) is 0.856. The number of rotatable bonds is 5. The first-order chi connectivity index (χ1) is 5.86. The Bertz CT molecular complexity index is 223. The second kappa shape index (κ2) is 4.90. The quantitative estimate of drug-likeness (QED) is 0.707. The largest absolute Gasteiger partial charge is 0.443 e. The summed E-state index contributed by atoms with van der Waals surface area (Å²) in [5.41, 5.74) is 5.34. The van der Waals surface area contributed by atoms with Crippen molar-refractivity contribution in [2.75, 3.05) is 13.2 Å². The van der Waals surface area contributed by atoms with Crippen LogP contribution in [0.1, 0.15) is 18.6 Å². The molecule has 68 valence electrons. The predicted octanol–water partition coefficient (Wildman–Crippen LogP) is 0.712. The summed E-state index contributed by atoms with van der Waals surface area (Å²) >= 11 is 0. The molecule has 0 aliphatic heterocycles. The zero-order valence-electron chi connectivity index (χ0n) is 7.25. The fraction of sp³-hybridized carbons (Fsp3) is 0.625. The Hall–Kier alpha value is -0.870. The molecule has 0 amide bonds. The molecule has 1 heterocycles. The molecular weight excluding hydrogens is 156 g/mol. The van der Waals surface area contributed by atoms with Crippen LogP contribution in [0.5, 0.6) is 0 Å². The van der Waals surface area contributed by atoms with Gasteiger partial charge in [0.15, 0.2) is 5.89 Å². The summed E-state index contributed by atoms with van der Waals surface area (Å²) < 4.78 is 10.5. The van der Waals surface area contributed by atoms with E-state index in [-0.39, 0.29) is 0 Å². The van der Waals surface area contributed by atoms with Gasteiger partial charge in [0.1, 0.15) is 12.4 Å². The van der Waals surface area contributed by atoms with E-state index in [1.165, 1.54) is 0 Å². The number of hydrogen-bond donors (Lipinski definition) is 1. The monoisotopic (exact) mass is 170 g/mol. The zero-order chi connectivity index (χ0) is 8.81. The van der Waals surface area contributed by atoms with Crippen LogP contribution in [0.4, 0.5) is 0 Å². The maximum absolute atomic E-state index is 5.34. The highest BCUT2D eigenvalue weighted by atomic mass is 16.5. The molecular formula is C8H14N2O2. The Morgan fingerprint density at radius 3 is 3.17 bits per heavy atom. The van der Waals surface area contributed by atoms with Crippen molar-refractivity contribution < 1.29 is 9.15 Å². The van der Waals surface area contributed by atoms with Gasteiger partial charge >= 0.3 is 0 Å². The summed E-state index contributed by atoms with van der Waals surface area (Å²) in [7, 11) is 0. The molecule has 0 spiro atoms. The van der Waals surface area contributed by atoms with Gasteiger partial charge in [0.05, 0.1) is 6.20 Å². The van der Waals surface area contributed by atoms with E-state index in [0.29, 0.717) is 32.1 Å². The molecule has 12 heavy (non-hydrogen) atoms. The third-order valence-corrected chi connectivity index (χ3v) is 1.41. The van der Waals surface area contributed by atoms with E-state index in [9.17, 15) is 0 Å². The van der Waals surface area contributed by atoms with Gasteiger partial charge in [-0.3, -0.25) is 0 Å². The predicted molar refractivity (Wildman–Crippen MR) is 44.6 cm³/mol. The minimum Gasteiger partial charge on any atom is -0.443 e. The molecule has 2 N–H and O–H groups in total. The molecule has 0 aliphatic rings. The van der Waals surface area contributed by atoms with Gasteiger partial charge in [-0.25, -0.2) is 4.98 Å². The van der Waals surface area contributed by atoms with E-state index in [2.05, 4.69) is 4.98 Å². The van der Waals surface area contributed by atoms with Crippen molar-refractivity contribution in [3.63, 3.8) is 0 Å². The Balaban J connectivity index is 2.41. The molecule has 0 fully saturated rings. The van der Waals surface area contributed by atoms with Crippen LogP contribution in [0.25, 0.3) is 0 Å². The molecule has 1 aromatic heterocycles. The number of aromatic nitrogens is 1. The number of ether oxygens (including phenoxy) is 1. The van der Waals surface area contributed by atoms with Crippen molar-refractivity contribution in [1.82, 2.24) is 4.98 Å². The third-order valence-electron chi connectivity index (χ3n) is 1.41. The molecule has 0 aliphatic carbocycles. The van der Waals surface area contributed by atoms with E-state index < -0.39 is 0 Å². The van der Waals surface area contributed by atoms with Crippen molar-refractivity contribution >= 4 is 0 Å². The summed E-state index contributed by atoms with van der Waals surface area (Å²) in [4.78, 5) is 4.03. The Kier molecular flexibility index (Phi) is 3.76. The van der Waals surface area contributed by atoms with Crippen LogP contribution in [0.3, 0.4) is 0 Å². The van der Waals surface area contributed by atoms with Crippen LogP contribution in [0.15, 0.2) is 10.6 Å². The topological polar surface area (TPSA) is 61.3 Å². The van der Waals surface area contributed by atoms with E-state index in [0.717, 1.165) is 5.76 Å². The van der Waals surface area contributed by atoms with Crippen LogP contribution in [-0.4, -0.2) is 18.1 Å². The maximum atomic E-state index is 5.34. The molecule has 0 saturated carbocycles. The Morgan fingerprint density at radius 2 is 2.50 bits per heavy atom. The van der Waals surface area contributed by atoms with Crippen LogP contribution in [0, 0.1) is 0 Å². The van der Waals surface area contributed by atoms with Gasteiger partial charge in [0.2, 0.25) is 0 Å². The average molecular weight is 170 g/mol. The Labute approximate surface area is 71.7 Å². The normalized spacial score (nSPS) is 10.5. The van der Waals surface area contributed by atoms with Crippen LogP contribution < -0.4 is 5.73 Å². The van der Waals surface area contributed by atoms with Gasteiger partial charge in [-0.05, 0) is 6.92 Å². The molecule has 0 bridgehead atoms. The average Bonchev–Trinajstić information content (AvgIpc) is 2.50. The molecule has 1 rings (SSSR count). The highest BCUT2D eigenvalue weighted by molar-refractivity contribution is 4.92. The molecule has 0 aromatic carbocycles. The summed E-state index contributed by atoms with van der Waals surface area (Å²) in [6.45, 7) is 3.69. The second-order valence-electron chi connectivity index (χ2n) is 2.40. The van der Waals surface area contributed by atoms with Crippen molar-refractivity contribution in [3.05, 3.63) is 17.8 Å². The third kappa shape index (κ3) is 2.64. The van der Waals surface area contributed by atoms with Gasteiger partial charge in [-0.15, -0.1) is 0 Å². The van der Waals surface area contributed by atoms with Gasteiger partial charge in [0.25, 0.3) is 0 Å². The van der Waals surface area contributed by atoms with E-state index in [1.54, 1.807) is 6.20 Å². The smallest absolute Gasteiger partial charge is 0.195 e. The van der Waals surface area contributed by atoms with Crippen molar-refractivity contribution in [2.45, 2.75) is 20.0 Å². The lowest BCUT2D eigenvalue weighted by molar-refractivity contribution is 0.117. The van der Waals surface area contributed by atoms with E-state index in [1.807, 2.05) is 6.92 Å². The first-order valence-electron chi connectivity index (χ1n) is 4.08. The summed E-state index contributed by atoms with van der Waals surface area (Å²) in [5.74, 6) is 1.45. The summed E-state index contributed by atoms with van der Waals surface area (Å²) in [6, 6.07) is 0. The van der Waals surface area contributed by atoms with Crippen LogP contribution in [0.2, 0.25) is 0 Å². The lowest BCUT2D eigenvalue weighted by atomic mass is 10.4. The summed E-state index contributed by atoms with van der Waals surface area (Å²) in [5, 5.41) is 0. The molecule has 0 saturated heterocycles. The maximum Gasteiger partial charge on any atom is 0.195 e. The van der Waals surface area contributed by atoms with Crippen LogP contribution in [-0.2, 0) is 17.8 Å². The SMILES string of the molecule is CCOCc1cnc(CCN)o1. The minimum absolute atomic E-state index is 0.494. The molecule has 4 nitrogen and oxygen atoms in total. The van der Waals surface area contributed by atoms with Crippen LogP contribution >= 0.6 is 0 Å². The Morgan fingerprint density at radius 1 is 1.67 bits per heavy atom. The highest BCUT2D eigenvalue weighted by Crippen LogP contribution is 2.04. The zero-order valence-corrected chi connectivity index (χ0v) is 7.25. The standard InChI is InChI=1S/C8H14N2O2/c1-2-11-6-7-5-10-8(12-7)3-4-9/h5H,2-4,6,9H2,1H3. The van der Waals surface area contributed by atoms with Crippen molar-refractivity contribution in [3.8, 4) is 0 Å². The first-order valence-corrected chi connectivity index (χ1v) is 4.08. The highest BCUT2D eigenvalue weighted by Gasteiger charge is 2.01. The summed E-state index contributed by atoms with van der Waals surface area (Å²) in [6.07, 6.45) is 2.37. The number of oxazole rings is 1. The van der Waals surface area contributed by atoms with Gasteiger partial charge in [-0.1, -0.05) is 0 Å². The molecule has 0 atom stereocenters. The lowest BCUT2D eigenvalue weighted by Gasteiger charge is -1.94. The molecule has 0 radical (unpaired) electrons. The van der Waals surface area contributed by atoms with Gasteiger partial charge in [0, 0.05) is 19.6 Å². The molecule has 0 unspecified atom stereocenters. The number of nitrogens with zero attached hydrogens (tertiary/aromatic N) is 1. The number of hydrogen-bond acceptors (Lipinski definition) is 4. The molecule has 1 aromatic rings. The lowest BCUT2D eigenvalue weighted by Crippen LogP contribution is -2.02. The van der Waals surface area contributed by atoms with E-state index >= 15 is 0 Å². The minimum atomic E-state index is 0.494. The second-order valence-corrected chi connectivity index (χ2v) is 2.40. The fourth-order valence-electron chi connectivity index (χ4n) is 0.856. The van der Waals surface area contributed by atoms with E-state index in [4.69, 9.17) is 14.9 Å². The first kappa shape index (κ1) is 9.22.